The molecule has 0 aliphatic rings. The highest BCUT2D eigenvalue weighted by Gasteiger charge is 2.24. The molecule has 364 valence electrons. The standard InChI is InChI=1S/C50H86O11S2/c1-3-5-7-9-11-13-15-17-19-21-26-30-48(53)60-43-45(61-50(55)31-27-22-20-18-16-14-12-10-8-6-4-2)42-46(44-28-24-23-25-29-44)63-62-41-40-58-37-36-56-34-35-57-38-39-59-49(54)33-32-47(51)52/h23-25,28-29,45-46H,3-22,26-27,30-43H2,1-2H3,(H,51,52)/p-1. The van der Waals surface area contributed by atoms with Gasteiger partial charge in [-0.2, -0.15) is 0 Å². The van der Waals surface area contributed by atoms with Crippen LogP contribution in [0.1, 0.15) is 198 Å². The fourth-order valence-electron chi connectivity index (χ4n) is 6.91. The van der Waals surface area contributed by atoms with Crippen LogP contribution in [0.3, 0.4) is 0 Å². The Bertz CT molecular complexity index is 1220. The van der Waals surface area contributed by atoms with Crippen LogP contribution in [-0.4, -0.2) is 88.6 Å². The number of unbranched alkanes of at least 4 members (excludes halogenated alkanes) is 20. The van der Waals surface area contributed by atoms with Crippen LogP contribution in [0, 0.1) is 0 Å². The Morgan fingerprint density at radius 2 is 0.952 bits per heavy atom. The van der Waals surface area contributed by atoms with Gasteiger partial charge in [-0.1, -0.05) is 194 Å². The monoisotopic (exact) mass is 926 g/mol. The van der Waals surface area contributed by atoms with Crippen molar-refractivity contribution in [2.24, 2.45) is 0 Å². The summed E-state index contributed by atoms with van der Waals surface area (Å²) in [5.74, 6) is -1.59. The third-order valence-corrected chi connectivity index (χ3v) is 13.4. The molecule has 63 heavy (non-hydrogen) atoms. The zero-order valence-electron chi connectivity index (χ0n) is 39.3. The number of rotatable bonds is 47. The van der Waals surface area contributed by atoms with E-state index in [0.29, 0.717) is 52.3 Å². The first-order chi connectivity index (χ1) is 30.8. The molecule has 1 rings (SSSR count). The third-order valence-electron chi connectivity index (χ3n) is 10.6. The molecule has 0 radical (unpaired) electrons. The van der Waals surface area contributed by atoms with Crippen molar-refractivity contribution in [2.45, 2.75) is 199 Å². The summed E-state index contributed by atoms with van der Waals surface area (Å²) in [5, 5.41) is 10.4. The van der Waals surface area contributed by atoms with Gasteiger partial charge in [0.25, 0.3) is 0 Å². The molecule has 0 aliphatic carbocycles. The first kappa shape index (κ1) is 58.7. The number of benzene rings is 1. The van der Waals surface area contributed by atoms with Crippen molar-refractivity contribution in [3.8, 4) is 0 Å². The van der Waals surface area contributed by atoms with Gasteiger partial charge in [0.1, 0.15) is 19.3 Å². The second-order valence-corrected chi connectivity index (χ2v) is 19.0. The molecule has 2 unspecified atom stereocenters. The van der Waals surface area contributed by atoms with Crippen LogP contribution in [0.5, 0.6) is 0 Å². The number of aliphatic carboxylic acids is 1. The topological polar surface area (TPSA) is 147 Å². The normalized spacial score (nSPS) is 12.2. The van der Waals surface area contributed by atoms with Crippen LogP contribution in [0.4, 0.5) is 0 Å². The minimum atomic E-state index is -1.29. The van der Waals surface area contributed by atoms with E-state index in [1.807, 2.05) is 18.2 Å². The predicted molar refractivity (Wildman–Crippen MR) is 255 cm³/mol. The lowest BCUT2D eigenvalue weighted by atomic mass is 10.1. The maximum absolute atomic E-state index is 13.2. The van der Waals surface area contributed by atoms with Gasteiger partial charge in [-0.25, -0.2) is 0 Å². The van der Waals surface area contributed by atoms with Gasteiger partial charge in [-0.3, -0.25) is 14.4 Å². The Morgan fingerprint density at radius 3 is 1.46 bits per heavy atom. The highest BCUT2D eigenvalue weighted by atomic mass is 33.1. The summed E-state index contributed by atoms with van der Waals surface area (Å²) in [5.41, 5.74) is 1.12. The lowest BCUT2D eigenvalue weighted by Gasteiger charge is -2.24. The first-order valence-corrected chi connectivity index (χ1v) is 27.0. The molecule has 0 N–H and O–H groups in total. The van der Waals surface area contributed by atoms with E-state index in [9.17, 15) is 24.3 Å². The highest BCUT2D eigenvalue weighted by Crippen LogP contribution is 2.41. The average Bonchev–Trinajstić information content (AvgIpc) is 3.28. The molecule has 2 atom stereocenters. The van der Waals surface area contributed by atoms with Gasteiger partial charge in [0.05, 0.1) is 46.1 Å². The lowest BCUT2D eigenvalue weighted by Crippen LogP contribution is -2.27. The van der Waals surface area contributed by atoms with Crippen molar-refractivity contribution < 1.29 is 52.7 Å². The van der Waals surface area contributed by atoms with Crippen molar-refractivity contribution in [3.63, 3.8) is 0 Å². The zero-order chi connectivity index (χ0) is 45.7. The van der Waals surface area contributed by atoms with E-state index in [2.05, 4.69) is 26.0 Å². The second kappa shape index (κ2) is 44.9. The molecule has 1 aromatic rings. The fraction of sp³-hybridized carbons (Fsp3) is 0.800. The quantitative estimate of drug-likeness (QED) is 0.0265. The Labute approximate surface area is 389 Å². The number of ether oxygens (including phenoxy) is 6. The molecular weight excluding hydrogens is 841 g/mol. The molecule has 13 heteroatoms. The smallest absolute Gasteiger partial charge is 0.306 e. The van der Waals surface area contributed by atoms with Gasteiger partial charge in [-0.05, 0) is 24.8 Å². The van der Waals surface area contributed by atoms with Gasteiger partial charge in [0, 0.05) is 36.2 Å². The fourth-order valence-corrected chi connectivity index (χ4v) is 9.48. The number of esters is 3. The molecule has 0 saturated carbocycles. The summed E-state index contributed by atoms with van der Waals surface area (Å²) in [7, 11) is 3.41. The number of carboxylic acid groups (broad SMARTS) is 1. The van der Waals surface area contributed by atoms with Crippen molar-refractivity contribution in [1.29, 1.82) is 0 Å². The van der Waals surface area contributed by atoms with Crippen LogP contribution in [-0.2, 0) is 47.6 Å². The molecule has 0 aromatic heterocycles. The van der Waals surface area contributed by atoms with E-state index in [1.54, 1.807) is 21.6 Å². The van der Waals surface area contributed by atoms with Crippen LogP contribution >= 0.6 is 21.6 Å². The summed E-state index contributed by atoms with van der Waals surface area (Å²) in [6.07, 6.45) is 27.0. The van der Waals surface area contributed by atoms with Crippen molar-refractivity contribution >= 4 is 45.5 Å². The Morgan fingerprint density at radius 1 is 0.508 bits per heavy atom. The summed E-state index contributed by atoms with van der Waals surface area (Å²) in [4.78, 5) is 47.8. The van der Waals surface area contributed by atoms with E-state index in [4.69, 9.17) is 28.4 Å². The van der Waals surface area contributed by atoms with E-state index >= 15 is 0 Å². The molecular formula is C50H85O11S2-. The third kappa shape index (κ3) is 39.7. The number of carbonyl (C=O) groups excluding carboxylic acids is 4. The number of carbonyl (C=O) groups is 4. The van der Waals surface area contributed by atoms with Gasteiger partial charge >= 0.3 is 17.9 Å². The molecule has 1 aromatic carbocycles. The number of carboxylic acids is 1. The van der Waals surface area contributed by atoms with Crippen LogP contribution < -0.4 is 5.11 Å². The Hall–Kier alpha value is -2.32. The molecule has 0 saturated heterocycles. The molecule has 0 heterocycles. The Kier molecular flexibility index (Phi) is 41.8. The minimum absolute atomic E-state index is 0.00946. The molecule has 0 spiro atoms. The predicted octanol–water partition coefficient (Wildman–Crippen LogP) is 11.5. The van der Waals surface area contributed by atoms with Crippen LogP contribution in [0.15, 0.2) is 30.3 Å². The van der Waals surface area contributed by atoms with E-state index in [-0.39, 0.29) is 49.9 Å². The number of hydrogen-bond acceptors (Lipinski definition) is 13. The van der Waals surface area contributed by atoms with E-state index in [0.717, 1.165) is 49.8 Å². The summed E-state index contributed by atoms with van der Waals surface area (Å²) < 4.78 is 33.4. The summed E-state index contributed by atoms with van der Waals surface area (Å²) >= 11 is 0. The van der Waals surface area contributed by atoms with Gasteiger partial charge < -0.3 is 38.3 Å². The maximum Gasteiger partial charge on any atom is 0.306 e. The molecule has 0 bridgehead atoms. The number of hydrogen-bond donors (Lipinski definition) is 0. The SMILES string of the molecule is CCCCCCCCCCCCCC(=O)OCC(CC(SSCCOCCOCCOCCOC(=O)CCC(=O)[O-])c1ccccc1)OC(=O)CCCCCCCCCCCCC. The molecule has 0 amide bonds. The van der Waals surface area contributed by atoms with Crippen LogP contribution in [0.2, 0.25) is 0 Å². The van der Waals surface area contributed by atoms with Crippen molar-refractivity contribution in [3.05, 3.63) is 35.9 Å². The largest absolute Gasteiger partial charge is 0.550 e. The second-order valence-electron chi connectivity index (χ2n) is 16.3. The molecule has 0 aliphatic heterocycles. The maximum atomic E-state index is 13.2. The van der Waals surface area contributed by atoms with Crippen LogP contribution in [0.25, 0.3) is 0 Å². The zero-order valence-corrected chi connectivity index (χ0v) is 40.9. The van der Waals surface area contributed by atoms with E-state index in [1.165, 1.54) is 103 Å². The molecule has 11 nitrogen and oxygen atoms in total. The Balaban J connectivity index is 2.51. The molecule has 0 fully saturated rings. The first-order valence-electron chi connectivity index (χ1n) is 24.6. The van der Waals surface area contributed by atoms with Crippen molar-refractivity contribution in [2.75, 3.05) is 58.6 Å². The summed E-state index contributed by atoms with van der Waals surface area (Å²) in [6.45, 7) is 6.89. The lowest BCUT2D eigenvalue weighted by molar-refractivity contribution is -0.305. The van der Waals surface area contributed by atoms with E-state index < -0.39 is 18.0 Å². The highest BCUT2D eigenvalue weighted by molar-refractivity contribution is 8.76. The summed E-state index contributed by atoms with van der Waals surface area (Å²) in [6, 6.07) is 10.2. The van der Waals surface area contributed by atoms with Crippen molar-refractivity contribution in [1.82, 2.24) is 0 Å². The van der Waals surface area contributed by atoms with Gasteiger partial charge in [0.2, 0.25) is 0 Å². The van der Waals surface area contributed by atoms with Gasteiger partial charge in [0.15, 0.2) is 0 Å². The minimum Gasteiger partial charge on any atom is -0.550 e. The average molecular weight is 926 g/mol. The van der Waals surface area contributed by atoms with Gasteiger partial charge in [-0.15, -0.1) is 0 Å².